The van der Waals surface area contributed by atoms with E-state index in [1.807, 2.05) is 0 Å². The zero-order chi connectivity index (χ0) is 17.3. The summed E-state index contributed by atoms with van der Waals surface area (Å²) in [5, 5.41) is 7.29. The second-order valence-corrected chi connectivity index (χ2v) is 6.11. The third kappa shape index (κ3) is 4.08. The molecular formula is C15H16F3N3O2. The molecule has 1 atom stereocenters. The summed E-state index contributed by atoms with van der Waals surface area (Å²) in [6, 6.07) is 5.93. The number of esters is 1. The normalized spacial score (nSPS) is 13.7. The Kier molecular flexibility index (Phi) is 4.44. The van der Waals surface area contributed by atoms with E-state index in [2.05, 4.69) is 10.2 Å². The van der Waals surface area contributed by atoms with Crippen LogP contribution in [0.2, 0.25) is 0 Å². The van der Waals surface area contributed by atoms with Crippen molar-refractivity contribution in [3.63, 3.8) is 0 Å². The van der Waals surface area contributed by atoms with Gasteiger partial charge in [0.15, 0.2) is 0 Å². The van der Waals surface area contributed by atoms with Gasteiger partial charge in [0.1, 0.15) is 12.7 Å². The molecule has 0 N–H and O–H groups in total. The van der Waals surface area contributed by atoms with Crippen LogP contribution in [-0.2, 0) is 4.74 Å². The zero-order valence-electron chi connectivity index (χ0n) is 12.8. The van der Waals surface area contributed by atoms with E-state index in [4.69, 9.17) is 4.74 Å². The number of hydrogen-bond acceptors (Lipinski definition) is 4. The molecule has 0 amide bonds. The second-order valence-electron chi connectivity index (χ2n) is 6.11. The van der Waals surface area contributed by atoms with Crippen LogP contribution in [0, 0.1) is 5.41 Å². The van der Waals surface area contributed by atoms with Crippen molar-refractivity contribution in [1.82, 2.24) is 14.8 Å². The summed E-state index contributed by atoms with van der Waals surface area (Å²) >= 11 is 0. The van der Waals surface area contributed by atoms with Gasteiger partial charge in [0.05, 0.1) is 5.56 Å². The number of hydrogen-bond donors (Lipinski definition) is 0. The Hall–Kier alpha value is -2.38. The Morgan fingerprint density at radius 1 is 1.09 bits per heavy atom. The maximum atomic E-state index is 13.0. The number of carbonyl (C=O) groups excluding carboxylic acids is 1. The van der Waals surface area contributed by atoms with Gasteiger partial charge in [-0.25, -0.2) is 4.79 Å². The number of aromatic nitrogens is 3. The molecule has 1 aromatic carbocycles. The van der Waals surface area contributed by atoms with E-state index < -0.39 is 23.7 Å². The topological polar surface area (TPSA) is 57.0 Å². The van der Waals surface area contributed by atoms with Gasteiger partial charge in [-0.15, -0.1) is 10.2 Å². The minimum atomic E-state index is -4.63. The third-order valence-corrected chi connectivity index (χ3v) is 3.13. The van der Waals surface area contributed by atoms with E-state index in [0.29, 0.717) is 5.69 Å². The van der Waals surface area contributed by atoms with Crippen LogP contribution < -0.4 is 0 Å². The highest BCUT2D eigenvalue weighted by atomic mass is 19.4. The fourth-order valence-corrected chi connectivity index (χ4v) is 2.01. The van der Waals surface area contributed by atoms with Crippen LogP contribution in [0.25, 0.3) is 5.69 Å². The SMILES string of the molecule is CC(C)(C)[C@H](OC(=O)c1ccc(-n2cnnc2)cc1)C(F)(F)F. The lowest BCUT2D eigenvalue weighted by molar-refractivity contribution is -0.231. The van der Waals surface area contributed by atoms with E-state index in [9.17, 15) is 18.0 Å². The highest BCUT2D eigenvalue weighted by Crippen LogP contribution is 2.36. The van der Waals surface area contributed by atoms with Crippen molar-refractivity contribution < 1.29 is 22.7 Å². The van der Waals surface area contributed by atoms with Gasteiger partial charge >= 0.3 is 12.1 Å². The van der Waals surface area contributed by atoms with E-state index in [-0.39, 0.29) is 5.56 Å². The summed E-state index contributed by atoms with van der Waals surface area (Å²) in [5.74, 6) is -1.02. The van der Waals surface area contributed by atoms with Gasteiger partial charge in [-0.3, -0.25) is 4.57 Å². The Morgan fingerprint density at radius 3 is 2.04 bits per heavy atom. The Morgan fingerprint density at radius 2 is 1.61 bits per heavy atom. The molecule has 0 fully saturated rings. The minimum Gasteiger partial charge on any atom is -0.449 e. The Bertz CT molecular complexity index is 645. The van der Waals surface area contributed by atoms with Crippen LogP contribution in [0.3, 0.4) is 0 Å². The number of rotatable bonds is 3. The number of nitrogens with zero attached hydrogens (tertiary/aromatic N) is 3. The first-order valence-electron chi connectivity index (χ1n) is 6.82. The van der Waals surface area contributed by atoms with Crippen LogP contribution in [0.15, 0.2) is 36.9 Å². The maximum absolute atomic E-state index is 13.0. The fraction of sp³-hybridized carbons (Fsp3) is 0.400. The number of carbonyl (C=O) groups is 1. The summed E-state index contributed by atoms with van der Waals surface area (Å²) in [6.07, 6.45) is -3.88. The van der Waals surface area contributed by atoms with Crippen LogP contribution in [-0.4, -0.2) is 33.0 Å². The molecule has 0 saturated carbocycles. The molecule has 8 heteroatoms. The van der Waals surface area contributed by atoms with Crippen molar-refractivity contribution in [3.05, 3.63) is 42.5 Å². The quantitative estimate of drug-likeness (QED) is 0.811. The lowest BCUT2D eigenvalue weighted by atomic mass is 9.88. The first-order chi connectivity index (χ1) is 10.6. The molecule has 0 spiro atoms. The Labute approximate surface area is 131 Å². The molecule has 2 rings (SSSR count). The largest absolute Gasteiger partial charge is 0.449 e. The molecule has 2 aromatic rings. The molecule has 23 heavy (non-hydrogen) atoms. The highest BCUT2D eigenvalue weighted by molar-refractivity contribution is 5.89. The van der Waals surface area contributed by atoms with E-state index in [1.165, 1.54) is 45.6 Å². The summed E-state index contributed by atoms with van der Waals surface area (Å²) in [5.41, 5.74) is -0.536. The molecule has 0 aliphatic rings. The van der Waals surface area contributed by atoms with E-state index in [0.717, 1.165) is 0 Å². The van der Waals surface area contributed by atoms with Crippen molar-refractivity contribution in [2.75, 3.05) is 0 Å². The fourth-order valence-electron chi connectivity index (χ4n) is 2.01. The van der Waals surface area contributed by atoms with E-state index in [1.54, 1.807) is 16.7 Å². The van der Waals surface area contributed by atoms with Gasteiger partial charge in [-0.05, 0) is 24.3 Å². The van der Waals surface area contributed by atoms with Crippen molar-refractivity contribution >= 4 is 5.97 Å². The molecule has 1 aromatic heterocycles. The third-order valence-electron chi connectivity index (χ3n) is 3.13. The number of benzene rings is 1. The molecule has 0 radical (unpaired) electrons. The first-order valence-corrected chi connectivity index (χ1v) is 6.82. The predicted octanol–water partition coefficient (Wildman–Crippen LogP) is 3.40. The molecule has 5 nitrogen and oxygen atoms in total. The molecule has 0 bridgehead atoms. The van der Waals surface area contributed by atoms with Crippen molar-refractivity contribution in [2.24, 2.45) is 5.41 Å². The van der Waals surface area contributed by atoms with Gasteiger partial charge in [0.2, 0.25) is 6.10 Å². The number of alkyl halides is 3. The zero-order valence-corrected chi connectivity index (χ0v) is 12.8. The average Bonchev–Trinajstić information content (AvgIpc) is 2.96. The smallest absolute Gasteiger partial charge is 0.426 e. The van der Waals surface area contributed by atoms with Crippen LogP contribution in [0.5, 0.6) is 0 Å². The van der Waals surface area contributed by atoms with Gasteiger partial charge < -0.3 is 4.74 Å². The summed E-state index contributed by atoms with van der Waals surface area (Å²) in [4.78, 5) is 12.0. The molecule has 1 heterocycles. The van der Waals surface area contributed by atoms with Crippen LogP contribution in [0.1, 0.15) is 31.1 Å². The molecular weight excluding hydrogens is 311 g/mol. The van der Waals surface area contributed by atoms with E-state index >= 15 is 0 Å². The van der Waals surface area contributed by atoms with Crippen molar-refractivity contribution in [1.29, 1.82) is 0 Å². The molecule has 124 valence electrons. The summed E-state index contributed by atoms with van der Waals surface area (Å²) in [6.45, 7) is 4.11. The monoisotopic (exact) mass is 327 g/mol. The standard InChI is InChI=1S/C15H16F3N3O2/c1-14(2,3)13(15(16,17)18)23-12(22)10-4-6-11(7-5-10)21-8-19-20-9-21/h4-9,13H,1-3H3/t13-/m0/s1. The predicted molar refractivity (Wildman–Crippen MR) is 76.1 cm³/mol. The van der Waals surface area contributed by atoms with Crippen molar-refractivity contribution in [2.45, 2.75) is 33.1 Å². The highest BCUT2D eigenvalue weighted by Gasteiger charge is 2.50. The molecule has 0 aliphatic heterocycles. The molecule has 0 saturated heterocycles. The number of ether oxygens (including phenoxy) is 1. The maximum Gasteiger partial charge on any atom is 0.426 e. The molecule has 0 unspecified atom stereocenters. The lowest BCUT2D eigenvalue weighted by Gasteiger charge is -2.31. The van der Waals surface area contributed by atoms with Gasteiger partial charge in [-0.2, -0.15) is 13.2 Å². The summed E-state index contributed by atoms with van der Waals surface area (Å²) < 4.78 is 45.4. The van der Waals surface area contributed by atoms with Crippen molar-refractivity contribution in [3.8, 4) is 5.69 Å². The van der Waals surface area contributed by atoms with Crippen LogP contribution >= 0.6 is 0 Å². The van der Waals surface area contributed by atoms with Crippen LogP contribution in [0.4, 0.5) is 13.2 Å². The summed E-state index contributed by atoms with van der Waals surface area (Å²) in [7, 11) is 0. The second kappa shape index (κ2) is 6.02. The van der Waals surface area contributed by atoms with Gasteiger partial charge in [0.25, 0.3) is 0 Å². The Balaban J connectivity index is 2.17. The first kappa shape index (κ1) is 17.0. The average molecular weight is 327 g/mol. The minimum absolute atomic E-state index is 0.0420. The van der Waals surface area contributed by atoms with Gasteiger partial charge in [-0.1, -0.05) is 20.8 Å². The molecule has 0 aliphatic carbocycles. The number of halogens is 3. The van der Waals surface area contributed by atoms with Gasteiger partial charge in [0, 0.05) is 11.1 Å². The lowest BCUT2D eigenvalue weighted by Crippen LogP contribution is -2.43.